The highest BCUT2D eigenvalue weighted by atomic mass is 16.2. The minimum absolute atomic E-state index is 0.244. The SMILES string of the molecule is Cc1cc(C)cc(-n2nnc(C(=O)NCc3cc(C)nn3C)c2C)c1. The van der Waals surface area contributed by atoms with Gasteiger partial charge in [0.05, 0.1) is 29.3 Å². The highest BCUT2D eigenvalue weighted by Gasteiger charge is 2.18. The number of carbonyl (C=O) groups excluding carboxylic acids is 1. The molecule has 0 aliphatic carbocycles. The van der Waals surface area contributed by atoms with Gasteiger partial charge in [-0.25, -0.2) is 4.68 Å². The summed E-state index contributed by atoms with van der Waals surface area (Å²) in [6.45, 7) is 8.23. The number of hydrogen-bond acceptors (Lipinski definition) is 4. The van der Waals surface area contributed by atoms with Crippen molar-refractivity contribution in [3.63, 3.8) is 0 Å². The van der Waals surface area contributed by atoms with E-state index in [1.807, 2.05) is 52.9 Å². The van der Waals surface area contributed by atoms with Crippen molar-refractivity contribution >= 4 is 5.91 Å². The number of nitrogens with one attached hydrogen (secondary N) is 1. The molecule has 7 heteroatoms. The normalized spacial score (nSPS) is 10.9. The molecule has 1 N–H and O–H groups in total. The predicted octanol–water partition coefficient (Wildman–Crippen LogP) is 2.16. The molecule has 3 aromatic rings. The van der Waals surface area contributed by atoms with Gasteiger partial charge in [-0.15, -0.1) is 5.10 Å². The van der Waals surface area contributed by atoms with Gasteiger partial charge in [0.1, 0.15) is 0 Å². The Morgan fingerprint density at radius 1 is 1.08 bits per heavy atom. The van der Waals surface area contributed by atoms with Crippen molar-refractivity contribution in [2.45, 2.75) is 34.2 Å². The fraction of sp³-hybridized carbons (Fsp3) is 0.333. The van der Waals surface area contributed by atoms with Crippen LogP contribution in [-0.4, -0.2) is 30.7 Å². The molecule has 0 saturated heterocycles. The molecule has 0 aliphatic heterocycles. The van der Waals surface area contributed by atoms with Gasteiger partial charge < -0.3 is 5.32 Å². The van der Waals surface area contributed by atoms with E-state index in [9.17, 15) is 4.79 Å². The van der Waals surface area contributed by atoms with E-state index in [1.165, 1.54) is 0 Å². The summed E-state index contributed by atoms with van der Waals surface area (Å²) in [6, 6.07) is 8.09. The summed E-state index contributed by atoms with van der Waals surface area (Å²) >= 11 is 0. The molecule has 0 atom stereocenters. The summed E-state index contributed by atoms with van der Waals surface area (Å²) < 4.78 is 3.46. The van der Waals surface area contributed by atoms with Gasteiger partial charge in [-0.05, 0) is 57.0 Å². The fourth-order valence-corrected chi connectivity index (χ4v) is 2.94. The van der Waals surface area contributed by atoms with Crippen molar-refractivity contribution in [2.75, 3.05) is 0 Å². The van der Waals surface area contributed by atoms with E-state index < -0.39 is 0 Å². The first-order valence-electron chi connectivity index (χ1n) is 8.14. The Morgan fingerprint density at radius 3 is 2.36 bits per heavy atom. The fourth-order valence-electron chi connectivity index (χ4n) is 2.94. The van der Waals surface area contributed by atoms with Crippen molar-refractivity contribution in [2.24, 2.45) is 7.05 Å². The maximum atomic E-state index is 12.5. The molecule has 0 spiro atoms. The average Bonchev–Trinajstić information content (AvgIpc) is 3.06. The zero-order valence-electron chi connectivity index (χ0n) is 15.2. The molecule has 0 saturated carbocycles. The largest absolute Gasteiger partial charge is 0.345 e. The second kappa shape index (κ2) is 6.51. The Hall–Kier alpha value is -2.96. The lowest BCUT2D eigenvalue weighted by molar-refractivity contribution is 0.0944. The van der Waals surface area contributed by atoms with Crippen LogP contribution in [0.25, 0.3) is 5.69 Å². The quantitative estimate of drug-likeness (QED) is 0.791. The van der Waals surface area contributed by atoms with Crippen LogP contribution in [0, 0.1) is 27.7 Å². The summed E-state index contributed by atoms with van der Waals surface area (Å²) in [4.78, 5) is 12.5. The highest BCUT2D eigenvalue weighted by Crippen LogP contribution is 2.16. The topological polar surface area (TPSA) is 77.6 Å². The maximum absolute atomic E-state index is 12.5. The zero-order chi connectivity index (χ0) is 18.1. The number of aromatic nitrogens is 5. The van der Waals surface area contributed by atoms with E-state index in [0.717, 1.165) is 28.2 Å². The number of nitrogens with zero attached hydrogens (tertiary/aromatic N) is 5. The maximum Gasteiger partial charge on any atom is 0.274 e. The minimum Gasteiger partial charge on any atom is -0.345 e. The van der Waals surface area contributed by atoms with Crippen LogP contribution in [0.1, 0.15) is 38.7 Å². The van der Waals surface area contributed by atoms with E-state index in [4.69, 9.17) is 0 Å². The Labute approximate surface area is 146 Å². The molecule has 1 amide bonds. The second-order valence-corrected chi connectivity index (χ2v) is 6.36. The van der Waals surface area contributed by atoms with Crippen LogP contribution >= 0.6 is 0 Å². The summed E-state index contributed by atoms with van der Waals surface area (Å²) in [7, 11) is 1.86. The van der Waals surface area contributed by atoms with E-state index in [2.05, 4.69) is 26.8 Å². The van der Waals surface area contributed by atoms with Gasteiger partial charge in [0, 0.05) is 7.05 Å². The second-order valence-electron chi connectivity index (χ2n) is 6.36. The monoisotopic (exact) mass is 338 g/mol. The van der Waals surface area contributed by atoms with E-state index in [0.29, 0.717) is 17.9 Å². The number of amides is 1. The molecule has 3 rings (SSSR count). The van der Waals surface area contributed by atoms with Crippen LogP contribution in [-0.2, 0) is 13.6 Å². The van der Waals surface area contributed by atoms with Gasteiger partial charge in [-0.1, -0.05) is 11.3 Å². The molecule has 25 heavy (non-hydrogen) atoms. The van der Waals surface area contributed by atoms with Crippen molar-refractivity contribution in [3.8, 4) is 5.69 Å². The first kappa shape index (κ1) is 16.9. The molecule has 0 aliphatic rings. The average molecular weight is 338 g/mol. The predicted molar refractivity (Wildman–Crippen MR) is 94.7 cm³/mol. The van der Waals surface area contributed by atoms with Crippen LogP contribution in [0.4, 0.5) is 0 Å². The number of hydrogen-bond donors (Lipinski definition) is 1. The first-order chi connectivity index (χ1) is 11.8. The number of carbonyl (C=O) groups is 1. The Morgan fingerprint density at radius 2 is 1.76 bits per heavy atom. The van der Waals surface area contributed by atoms with E-state index >= 15 is 0 Å². The number of rotatable bonds is 4. The van der Waals surface area contributed by atoms with Crippen LogP contribution in [0.5, 0.6) is 0 Å². The molecule has 2 aromatic heterocycles. The molecule has 0 bridgehead atoms. The number of benzene rings is 1. The van der Waals surface area contributed by atoms with Gasteiger partial charge in [-0.2, -0.15) is 5.10 Å². The Kier molecular flexibility index (Phi) is 4.39. The van der Waals surface area contributed by atoms with Gasteiger partial charge in [0.25, 0.3) is 5.91 Å². The van der Waals surface area contributed by atoms with Crippen molar-refractivity contribution in [3.05, 3.63) is 58.2 Å². The van der Waals surface area contributed by atoms with E-state index in [-0.39, 0.29) is 5.91 Å². The summed E-state index contributed by atoms with van der Waals surface area (Å²) in [5.41, 5.74) is 6.09. The molecule has 7 nitrogen and oxygen atoms in total. The molecule has 2 heterocycles. The zero-order valence-corrected chi connectivity index (χ0v) is 15.2. The van der Waals surface area contributed by atoms with E-state index in [1.54, 1.807) is 9.36 Å². The standard InChI is InChI=1S/C18H22N6O/c1-11-6-12(2)8-15(7-11)24-14(4)17(20-22-24)18(25)19-10-16-9-13(3)21-23(16)5/h6-9H,10H2,1-5H3,(H,19,25). The minimum atomic E-state index is -0.244. The molecule has 1 aromatic carbocycles. The van der Waals surface area contributed by atoms with Crippen LogP contribution in [0.15, 0.2) is 24.3 Å². The van der Waals surface area contributed by atoms with Crippen LogP contribution < -0.4 is 5.32 Å². The third-order valence-electron chi connectivity index (χ3n) is 4.09. The lowest BCUT2D eigenvalue weighted by atomic mass is 10.1. The van der Waals surface area contributed by atoms with Crippen molar-refractivity contribution in [1.82, 2.24) is 30.1 Å². The molecular weight excluding hydrogens is 316 g/mol. The van der Waals surface area contributed by atoms with Gasteiger partial charge in [0.2, 0.25) is 0 Å². The molecular formula is C18H22N6O. The van der Waals surface area contributed by atoms with Crippen molar-refractivity contribution < 1.29 is 4.79 Å². The van der Waals surface area contributed by atoms with Gasteiger partial charge >= 0.3 is 0 Å². The first-order valence-corrected chi connectivity index (χ1v) is 8.14. The molecule has 130 valence electrons. The Balaban J connectivity index is 1.80. The molecule has 0 unspecified atom stereocenters. The third kappa shape index (κ3) is 3.45. The van der Waals surface area contributed by atoms with Crippen molar-refractivity contribution in [1.29, 1.82) is 0 Å². The van der Waals surface area contributed by atoms with Crippen LogP contribution in [0.3, 0.4) is 0 Å². The van der Waals surface area contributed by atoms with Crippen LogP contribution in [0.2, 0.25) is 0 Å². The van der Waals surface area contributed by atoms with Gasteiger partial charge in [0.15, 0.2) is 5.69 Å². The third-order valence-corrected chi connectivity index (χ3v) is 4.09. The highest BCUT2D eigenvalue weighted by molar-refractivity contribution is 5.93. The lowest BCUT2D eigenvalue weighted by Gasteiger charge is -2.07. The summed E-state index contributed by atoms with van der Waals surface area (Å²) in [5, 5.41) is 15.4. The molecule has 0 radical (unpaired) electrons. The lowest BCUT2D eigenvalue weighted by Crippen LogP contribution is -2.25. The Bertz CT molecular complexity index is 917. The van der Waals surface area contributed by atoms with Gasteiger partial charge in [-0.3, -0.25) is 9.48 Å². The smallest absolute Gasteiger partial charge is 0.274 e. The molecule has 0 fully saturated rings. The number of aryl methyl sites for hydroxylation is 4. The summed E-state index contributed by atoms with van der Waals surface area (Å²) in [6.07, 6.45) is 0. The summed E-state index contributed by atoms with van der Waals surface area (Å²) in [5.74, 6) is -0.244.